The van der Waals surface area contributed by atoms with Gasteiger partial charge in [0.25, 0.3) is 0 Å². The lowest BCUT2D eigenvalue weighted by Crippen LogP contribution is -1.88. The van der Waals surface area contributed by atoms with Crippen LogP contribution < -0.4 is 5.32 Å². The van der Waals surface area contributed by atoms with Crippen molar-refractivity contribution in [3.63, 3.8) is 0 Å². The van der Waals surface area contributed by atoms with E-state index in [-0.39, 0.29) is 0 Å². The number of aromatic nitrogens is 2. The first-order chi connectivity index (χ1) is 5.81. The van der Waals surface area contributed by atoms with Crippen molar-refractivity contribution < 1.29 is 0 Å². The molecule has 0 aliphatic carbocycles. The molecule has 0 unspecified atom stereocenters. The third-order valence-corrected chi connectivity index (χ3v) is 2.05. The van der Waals surface area contributed by atoms with Gasteiger partial charge in [-0.05, 0) is 24.6 Å². The number of aromatic amines is 1. The van der Waals surface area contributed by atoms with Crippen LogP contribution in [0, 0.1) is 6.92 Å². The van der Waals surface area contributed by atoms with Crippen LogP contribution >= 0.6 is 0 Å². The SMILES string of the molecule is CNc1cc(C)c2cn[nH]c2c1. The molecule has 0 fully saturated rings. The van der Waals surface area contributed by atoms with E-state index in [0.717, 1.165) is 11.2 Å². The molecular formula is C9H11N3. The highest BCUT2D eigenvalue weighted by atomic mass is 15.1. The molecular weight excluding hydrogens is 150 g/mol. The van der Waals surface area contributed by atoms with Crippen LogP contribution in [0.15, 0.2) is 18.3 Å². The minimum atomic E-state index is 1.08. The molecule has 0 radical (unpaired) electrons. The minimum Gasteiger partial charge on any atom is -0.388 e. The van der Waals surface area contributed by atoms with Crippen LogP contribution in [0.2, 0.25) is 0 Å². The zero-order valence-corrected chi connectivity index (χ0v) is 7.18. The molecule has 3 nitrogen and oxygen atoms in total. The van der Waals surface area contributed by atoms with Gasteiger partial charge in [-0.2, -0.15) is 5.10 Å². The maximum atomic E-state index is 3.98. The Bertz CT molecular complexity index is 403. The van der Waals surface area contributed by atoms with Crippen LogP contribution in [-0.2, 0) is 0 Å². The predicted octanol–water partition coefficient (Wildman–Crippen LogP) is 1.91. The van der Waals surface area contributed by atoms with Crippen LogP contribution in [0.1, 0.15) is 5.56 Å². The van der Waals surface area contributed by atoms with Crippen molar-refractivity contribution in [2.45, 2.75) is 6.92 Å². The second-order valence-electron chi connectivity index (χ2n) is 2.87. The monoisotopic (exact) mass is 161 g/mol. The molecule has 0 saturated carbocycles. The van der Waals surface area contributed by atoms with Gasteiger partial charge >= 0.3 is 0 Å². The summed E-state index contributed by atoms with van der Waals surface area (Å²) in [5.41, 5.74) is 3.44. The Hall–Kier alpha value is -1.51. The van der Waals surface area contributed by atoms with E-state index in [1.54, 1.807) is 0 Å². The highest BCUT2D eigenvalue weighted by Gasteiger charge is 2.00. The molecule has 0 spiro atoms. The fourth-order valence-electron chi connectivity index (χ4n) is 1.37. The lowest BCUT2D eigenvalue weighted by Gasteiger charge is -2.01. The van der Waals surface area contributed by atoms with E-state index in [2.05, 4.69) is 34.6 Å². The number of nitrogens with zero attached hydrogens (tertiary/aromatic N) is 1. The summed E-state index contributed by atoms with van der Waals surface area (Å²) in [6.07, 6.45) is 1.85. The van der Waals surface area contributed by atoms with Gasteiger partial charge < -0.3 is 5.32 Å². The Labute approximate surface area is 70.8 Å². The molecule has 0 bridgehead atoms. The molecule has 2 N–H and O–H groups in total. The van der Waals surface area contributed by atoms with Gasteiger partial charge in [0.15, 0.2) is 0 Å². The lowest BCUT2D eigenvalue weighted by atomic mass is 10.1. The van der Waals surface area contributed by atoms with Crippen molar-refractivity contribution in [1.82, 2.24) is 10.2 Å². The fraction of sp³-hybridized carbons (Fsp3) is 0.222. The number of benzene rings is 1. The molecule has 1 aromatic carbocycles. The summed E-state index contributed by atoms with van der Waals surface area (Å²) < 4.78 is 0. The molecule has 2 rings (SSSR count). The van der Waals surface area contributed by atoms with Crippen LogP contribution in [0.25, 0.3) is 10.9 Å². The Balaban J connectivity index is 2.75. The Morgan fingerprint density at radius 3 is 3.00 bits per heavy atom. The van der Waals surface area contributed by atoms with Crippen LogP contribution in [0.5, 0.6) is 0 Å². The topological polar surface area (TPSA) is 40.7 Å². The van der Waals surface area contributed by atoms with Crippen molar-refractivity contribution in [2.24, 2.45) is 0 Å². The first-order valence-electron chi connectivity index (χ1n) is 3.93. The molecule has 1 aromatic heterocycles. The Morgan fingerprint density at radius 2 is 2.25 bits per heavy atom. The summed E-state index contributed by atoms with van der Waals surface area (Å²) in [6.45, 7) is 2.08. The molecule has 0 aliphatic heterocycles. The van der Waals surface area contributed by atoms with Gasteiger partial charge in [-0.25, -0.2) is 0 Å². The van der Waals surface area contributed by atoms with Crippen LogP contribution in [0.4, 0.5) is 5.69 Å². The summed E-state index contributed by atoms with van der Waals surface area (Å²) in [5.74, 6) is 0. The summed E-state index contributed by atoms with van der Waals surface area (Å²) in [5, 5.41) is 11.2. The molecule has 1 heterocycles. The normalized spacial score (nSPS) is 10.5. The number of rotatable bonds is 1. The fourth-order valence-corrected chi connectivity index (χ4v) is 1.37. The van der Waals surface area contributed by atoms with E-state index in [4.69, 9.17) is 0 Å². The average molecular weight is 161 g/mol. The quantitative estimate of drug-likeness (QED) is 0.670. The second kappa shape index (κ2) is 2.52. The van der Waals surface area contributed by atoms with E-state index >= 15 is 0 Å². The number of hydrogen-bond donors (Lipinski definition) is 2. The van der Waals surface area contributed by atoms with E-state index in [0.29, 0.717) is 0 Å². The minimum absolute atomic E-state index is 1.08. The van der Waals surface area contributed by atoms with Crippen molar-refractivity contribution in [1.29, 1.82) is 0 Å². The zero-order valence-electron chi connectivity index (χ0n) is 7.18. The van der Waals surface area contributed by atoms with Gasteiger partial charge in [0, 0.05) is 18.1 Å². The molecule has 0 aliphatic rings. The van der Waals surface area contributed by atoms with Gasteiger partial charge in [0.05, 0.1) is 11.7 Å². The third-order valence-electron chi connectivity index (χ3n) is 2.05. The summed E-state index contributed by atoms with van der Waals surface area (Å²) in [6, 6.07) is 4.16. The van der Waals surface area contributed by atoms with E-state index < -0.39 is 0 Å². The van der Waals surface area contributed by atoms with Crippen LogP contribution in [0.3, 0.4) is 0 Å². The molecule has 62 valence electrons. The van der Waals surface area contributed by atoms with Crippen molar-refractivity contribution in [3.05, 3.63) is 23.9 Å². The lowest BCUT2D eigenvalue weighted by molar-refractivity contribution is 1.12. The summed E-state index contributed by atoms with van der Waals surface area (Å²) >= 11 is 0. The number of anilines is 1. The molecule has 0 atom stereocenters. The Morgan fingerprint density at radius 1 is 1.42 bits per heavy atom. The molecule has 12 heavy (non-hydrogen) atoms. The van der Waals surface area contributed by atoms with E-state index in [1.165, 1.54) is 10.9 Å². The maximum Gasteiger partial charge on any atom is 0.0673 e. The first kappa shape index (κ1) is 7.16. The molecule has 0 saturated heterocycles. The number of fused-ring (bicyclic) bond motifs is 1. The molecule has 0 amide bonds. The smallest absolute Gasteiger partial charge is 0.0673 e. The number of hydrogen-bond acceptors (Lipinski definition) is 2. The second-order valence-corrected chi connectivity index (χ2v) is 2.87. The van der Waals surface area contributed by atoms with Crippen LogP contribution in [-0.4, -0.2) is 17.2 Å². The molecule has 2 aromatic rings. The highest BCUT2D eigenvalue weighted by molar-refractivity contribution is 5.85. The highest BCUT2D eigenvalue weighted by Crippen LogP contribution is 2.20. The predicted molar refractivity (Wildman–Crippen MR) is 50.4 cm³/mol. The third kappa shape index (κ3) is 0.942. The van der Waals surface area contributed by atoms with Crippen molar-refractivity contribution in [3.8, 4) is 0 Å². The summed E-state index contributed by atoms with van der Waals surface area (Å²) in [7, 11) is 1.91. The van der Waals surface area contributed by atoms with Gasteiger partial charge in [-0.15, -0.1) is 0 Å². The van der Waals surface area contributed by atoms with Gasteiger partial charge in [-0.3, -0.25) is 5.10 Å². The number of nitrogens with one attached hydrogen (secondary N) is 2. The van der Waals surface area contributed by atoms with Gasteiger partial charge in [0.2, 0.25) is 0 Å². The van der Waals surface area contributed by atoms with Crippen molar-refractivity contribution in [2.75, 3.05) is 12.4 Å². The van der Waals surface area contributed by atoms with Crippen molar-refractivity contribution >= 4 is 16.6 Å². The number of H-pyrrole nitrogens is 1. The largest absolute Gasteiger partial charge is 0.388 e. The number of aryl methyl sites for hydroxylation is 1. The van der Waals surface area contributed by atoms with Gasteiger partial charge in [0.1, 0.15) is 0 Å². The van der Waals surface area contributed by atoms with E-state index in [9.17, 15) is 0 Å². The zero-order chi connectivity index (χ0) is 8.55. The maximum absolute atomic E-state index is 3.98. The average Bonchev–Trinajstić information content (AvgIpc) is 2.52. The van der Waals surface area contributed by atoms with E-state index in [1.807, 2.05) is 13.2 Å². The summed E-state index contributed by atoms with van der Waals surface area (Å²) in [4.78, 5) is 0. The first-order valence-corrected chi connectivity index (χ1v) is 3.93. The standard InChI is InChI=1S/C9H11N3/c1-6-3-7(10-2)4-9-8(6)5-11-12-9/h3-5,10H,1-2H3,(H,11,12). The van der Waals surface area contributed by atoms with Gasteiger partial charge in [-0.1, -0.05) is 0 Å². The Kier molecular flexibility index (Phi) is 1.50. The molecule has 3 heteroatoms.